The summed E-state index contributed by atoms with van der Waals surface area (Å²) in [5.41, 5.74) is 1.55. The summed E-state index contributed by atoms with van der Waals surface area (Å²) in [5, 5.41) is 0. The molecule has 0 aliphatic carbocycles. The zero-order valence-electron chi connectivity index (χ0n) is 13.2. The van der Waals surface area contributed by atoms with Crippen molar-refractivity contribution in [1.82, 2.24) is 14.3 Å². The lowest BCUT2D eigenvalue weighted by atomic mass is 10.1. The summed E-state index contributed by atoms with van der Waals surface area (Å²) >= 11 is 0. The first-order chi connectivity index (χ1) is 11.9. The minimum Gasteiger partial charge on any atom is -0.306 e. The average molecular weight is 363 g/mol. The van der Waals surface area contributed by atoms with Crippen LogP contribution in [0, 0.1) is 11.6 Å². The average Bonchev–Trinajstić information content (AvgIpc) is 3.11. The fraction of sp³-hybridized carbons (Fsp3) is 0.118. The number of aromatic nitrogens is 2. The molecular weight excluding hydrogens is 348 g/mol. The minimum absolute atomic E-state index is 0.621. The Balaban J connectivity index is 1.81. The number of nitrogens with one attached hydrogen (secondary N) is 1. The van der Waals surface area contributed by atoms with Crippen molar-refractivity contribution >= 4 is 10.0 Å². The molecule has 1 N–H and O–H groups in total. The van der Waals surface area contributed by atoms with E-state index >= 15 is 0 Å². The zero-order chi connectivity index (χ0) is 18.0. The molecule has 1 aromatic heterocycles. The van der Waals surface area contributed by atoms with Crippen molar-refractivity contribution in [2.45, 2.75) is 17.9 Å². The molecule has 0 saturated carbocycles. The molecule has 3 rings (SSSR count). The smallest absolute Gasteiger partial charge is 0.244 e. The van der Waals surface area contributed by atoms with E-state index in [1.165, 1.54) is 0 Å². The van der Waals surface area contributed by atoms with Gasteiger partial charge in [0.25, 0.3) is 0 Å². The number of nitrogens with zero attached hydrogens (tertiary/aromatic N) is 2. The van der Waals surface area contributed by atoms with Gasteiger partial charge in [0, 0.05) is 24.1 Å². The number of imidazole rings is 1. The Labute approximate surface area is 144 Å². The van der Waals surface area contributed by atoms with E-state index in [4.69, 9.17) is 0 Å². The molecule has 0 radical (unpaired) electrons. The van der Waals surface area contributed by atoms with E-state index < -0.39 is 32.6 Å². The molecule has 2 aromatic carbocycles. The van der Waals surface area contributed by atoms with Crippen molar-refractivity contribution in [3.05, 3.63) is 78.4 Å². The molecule has 0 amide bonds. The van der Waals surface area contributed by atoms with Gasteiger partial charge in [0.05, 0.1) is 6.33 Å². The predicted molar refractivity (Wildman–Crippen MR) is 88.7 cm³/mol. The molecule has 0 spiro atoms. The van der Waals surface area contributed by atoms with Gasteiger partial charge >= 0.3 is 0 Å². The van der Waals surface area contributed by atoms with Crippen LogP contribution in [0.25, 0.3) is 5.69 Å². The van der Waals surface area contributed by atoms with Crippen molar-refractivity contribution in [1.29, 1.82) is 0 Å². The lowest BCUT2D eigenvalue weighted by Crippen LogP contribution is -2.27. The second-order valence-corrected chi connectivity index (χ2v) is 7.16. The van der Waals surface area contributed by atoms with Gasteiger partial charge in [-0.05, 0) is 42.8 Å². The normalized spacial score (nSPS) is 12.9. The summed E-state index contributed by atoms with van der Waals surface area (Å²) in [6.45, 7) is 1.63. The molecule has 0 aliphatic heterocycles. The van der Waals surface area contributed by atoms with Crippen molar-refractivity contribution in [2.24, 2.45) is 0 Å². The predicted octanol–water partition coefficient (Wildman–Crippen LogP) is 3.19. The van der Waals surface area contributed by atoms with E-state index in [0.29, 0.717) is 11.6 Å². The van der Waals surface area contributed by atoms with Gasteiger partial charge in [-0.2, -0.15) is 0 Å². The summed E-state index contributed by atoms with van der Waals surface area (Å²) in [6, 6.07) is 8.82. The third kappa shape index (κ3) is 3.75. The van der Waals surface area contributed by atoms with Crippen LogP contribution in [0.3, 0.4) is 0 Å². The summed E-state index contributed by atoms with van der Waals surface area (Å²) in [5.74, 6) is -1.82. The van der Waals surface area contributed by atoms with Gasteiger partial charge in [0.2, 0.25) is 10.0 Å². The highest BCUT2D eigenvalue weighted by atomic mass is 32.2. The number of halogens is 2. The van der Waals surface area contributed by atoms with Crippen molar-refractivity contribution in [2.75, 3.05) is 0 Å². The molecule has 130 valence electrons. The lowest BCUT2D eigenvalue weighted by molar-refractivity contribution is 0.538. The van der Waals surface area contributed by atoms with Crippen molar-refractivity contribution in [3.8, 4) is 5.69 Å². The first-order valence-corrected chi connectivity index (χ1v) is 8.91. The molecule has 1 atom stereocenters. The van der Waals surface area contributed by atoms with E-state index in [1.54, 1.807) is 42.3 Å². The second kappa shape index (κ2) is 6.73. The molecule has 8 heteroatoms. The maximum absolute atomic E-state index is 13.7. The highest BCUT2D eigenvalue weighted by Crippen LogP contribution is 2.21. The van der Waals surface area contributed by atoms with Crippen molar-refractivity contribution < 1.29 is 17.2 Å². The van der Waals surface area contributed by atoms with Crippen molar-refractivity contribution in [3.63, 3.8) is 0 Å². The van der Waals surface area contributed by atoms with Crippen LogP contribution < -0.4 is 4.72 Å². The standard InChI is InChI=1S/C17H15F2N3O2S/c1-12(13-2-5-15(6-3-13)22-9-8-20-11-22)21-25(23,24)17-10-14(18)4-7-16(17)19/h2-12,21H,1H3/t12-/m0/s1. The van der Waals surface area contributed by atoms with Gasteiger partial charge < -0.3 is 4.57 Å². The quantitative estimate of drug-likeness (QED) is 0.757. The summed E-state index contributed by atoms with van der Waals surface area (Å²) in [7, 11) is -4.19. The van der Waals surface area contributed by atoms with E-state index in [2.05, 4.69) is 9.71 Å². The Hall–Kier alpha value is -2.58. The van der Waals surface area contributed by atoms with Gasteiger partial charge in [0.15, 0.2) is 0 Å². The van der Waals surface area contributed by atoms with Crippen LogP contribution in [0.4, 0.5) is 8.78 Å². The fourth-order valence-corrected chi connectivity index (χ4v) is 3.72. The first kappa shape index (κ1) is 17.2. The number of sulfonamides is 1. The maximum atomic E-state index is 13.7. The largest absolute Gasteiger partial charge is 0.306 e. The molecule has 0 fully saturated rings. The molecule has 0 aliphatic rings. The molecule has 25 heavy (non-hydrogen) atoms. The highest BCUT2D eigenvalue weighted by molar-refractivity contribution is 7.89. The SMILES string of the molecule is C[C@H](NS(=O)(=O)c1cc(F)ccc1F)c1ccc(-n2ccnc2)cc1. The zero-order valence-corrected chi connectivity index (χ0v) is 14.0. The number of rotatable bonds is 5. The molecule has 1 heterocycles. The summed E-state index contributed by atoms with van der Waals surface area (Å²) < 4.78 is 55.8. The van der Waals surface area contributed by atoms with E-state index in [0.717, 1.165) is 17.8 Å². The van der Waals surface area contributed by atoms with Gasteiger partial charge in [-0.3, -0.25) is 0 Å². The summed E-state index contributed by atoms with van der Waals surface area (Å²) in [4.78, 5) is 3.25. The lowest BCUT2D eigenvalue weighted by Gasteiger charge is -2.15. The Morgan fingerprint density at radius 1 is 1.12 bits per heavy atom. The van der Waals surface area contributed by atoms with Crippen LogP contribution >= 0.6 is 0 Å². The van der Waals surface area contributed by atoms with Crippen LogP contribution in [0.5, 0.6) is 0 Å². The Bertz CT molecular complexity index is 972. The van der Waals surface area contributed by atoms with E-state index in [9.17, 15) is 17.2 Å². The van der Waals surface area contributed by atoms with Crippen LogP contribution in [0.15, 0.2) is 66.1 Å². The second-order valence-electron chi connectivity index (χ2n) is 5.48. The highest BCUT2D eigenvalue weighted by Gasteiger charge is 2.22. The van der Waals surface area contributed by atoms with E-state index in [-0.39, 0.29) is 0 Å². The Kier molecular flexibility index (Phi) is 4.65. The molecule has 0 bridgehead atoms. The molecular formula is C17H15F2N3O2S. The van der Waals surface area contributed by atoms with Crippen LogP contribution in [0.1, 0.15) is 18.5 Å². The third-order valence-electron chi connectivity index (χ3n) is 3.71. The number of hydrogen-bond acceptors (Lipinski definition) is 3. The van der Waals surface area contributed by atoms with Gasteiger partial charge in [-0.15, -0.1) is 0 Å². The molecule has 0 unspecified atom stereocenters. The number of benzene rings is 2. The minimum atomic E-state index is -4.19. The fourth-order valence-electron chi connectivity index (χ4n) is 2.39. The number of hydrogen-bond donors (Lipinski definition) is 1. The van der Waals surface area contributed by atoms with Crippen LogP contribution in [-0.2, 0) is 10.0 Å². The van der Waals surface area contributed by atoms with Crippen LogP contribution in [0.2, 0.25) is 0 Å². The van der Waals surface area contributed by atoms with Gasteiger partial charge in [0.1, 0.15) is 16.5 Å². The topological polar surface area (TPSA) is 64.0 Å². The molecule has 3 aromatic rings. The Morgan fingerprint density at radius 3 is 2.48 bits per heavy atom. The van der Waals surface area contributed by atoms with Gasteiger partial charge in [-0.1, -0.05) is 12.1 Å². The Morgan fingerprint density at radius 2 is 1.84 bits per heavy atom. The first-order valence-electron chi connectivity index (χ1n) is 7.42. The third-order valence-corrected chi connectivity index (χ3v) is 5.27. The molecule has 0 saturated heterocycles. The van der Waals surface area contributed by atoms with Gasteiger partial charge in [-0.25, -0.2) is 26.9 Å². The summed E-state index contributed by atoms with van der Waals surface area (Å²) in [6.07, 6.45) is 5.08. The monoisotopic (exact) mass is 363 g/mol. The van der Waals surface area contributed by atoms with E-state index in [1.807, 2.05) is 12.1 Å². The maximum Gasteiger partial charge on any atom is 0.244 e. The van der Waals surface area contributed by atoms with Crippen LogP contribution in [-0.4, -0.2) is 18.0 Å². The molecule has 5 nitrogen and oxygen atoms in total.